The van der Waals surface area contributed by atoms with Crippen molar-refractivity contribution in [2.24, 2.45) is 0 Å². The average molecular weight is 221 g/mol. The minimum atomic E-state index is -0.332. The molecule has 0 amide bonds. The van der Waals surface area contributed by atoms with Crippen LogP contribution in [0.5, 0.6) is 0 Å². The first-order chi connectivity index (χ1) is 7.41. The van der Waals surface area contributed by atoms with Gasteiger partial charge in [-0.15, -0.1) is 0 Å². The molecule has 1 fully saturated rings. The summed E-state index contributed by atoms with van der Waals surface area (Å²) in [5.74, 6) is 1.84. The van der Waals surface area contributed by atoms with Crippen LogP contribution in [0.15, 0.2) is 23.0 Å². The van der Waals surface area contributed by atoms with Gasteiger partial charge >= 0.3 is 7.12 Å². The minimum absolute atomic E-state index is 0.300. The lowest BCUT2D eigenvalue weighted by Crippen LogP contribution is -2.41. The maximum Gasteiger partial charge on any atom is 0.487 e. The van der Waals surface area contributed by atoms with Crippen molar-refractivity contribution in [1.82, 2.24) is 4.98 Å². The Morgan fingerprint density at radius 3 is 2.31 bits per heavy atom. The van der Waals surface area contributed by atoms with Gasteiger partial charge in [-0.3, -0.25) is 0 Å². The molecule has 0 bridgehead atoms. The summed E-state index contributed by atoms with van der Waals surface area (Å²) in [5, 5.41) is 0. The van der Waals surface area contributed by atoms with Gasteiger partial charge in [-0.1, -0.05) is 5.98 Å². The van der Waals surface area contributed by atoms with Crippen LogP contribution in [-0.2, 0) is 9.31 Å². The molecule has 1 aromatic rings. The largest absolute Gasteiger partial charge is 0.487 e. The monoisotopic (exact) mass is 221 g/mol. The van der Waals surface area contributed by atoms with Crippen LogP contribution >= 0.6 is 0 Å². The second-order valence-electron chi connectivity index (χ2n) is 4.90. The molecule has 86 valence electrons. The number of hydrogen-bond donors (Lipinski definition) is 0. The highest BCUT2D eigenvalue weighted by Gasteiger charge is 2.49. The standard InChI is InChI=1S/C11H16BNO3/c1-10(2)11(3,4)16-12(15-10)6-5-9-7-14-8-13-9/h5-8H,1-4H3/b6-5+. The van der Waals surface area contributed by atoms with E-state index >= 15 is 0 Å². The summed E-state index contributed by atoms with van der Waals surface area (Å²) < 4.78 is 16.5. The summed E-state index contributed by atoms with van der Waals surface area (Å²) in [4.78, 5) is 3.99. The van der Waals surface area contributed by atoms with Crippen molar-refractivity contribution in [3.05, 3.63) is 24.3 Å². The van der Waals surface area contributed by atoms with Gasteiger partial charge < -0.3 is 13.7 Å². The second kappa shape index (κ2) is 3.75. The molecule has 0 saturated carbocycles. The Balaban J connectivity index is 2.05. The highest BCUT2D eigenvalue weighted by atomic mass is 16.7. The fourth-order valence-electron chi connectivity index (χ4n) is 1.45. The number of hydrogen-bond acceptors (Lipinski definition) is 4. The van der Waals surface area contributed by atoms with Crippen molar-refractivity contribution < 1.29 is 13.7 Å². The molecule has 0 spiro atoms. The summed E-state index contributed by atoms with van der Waals surface area (Å²) in [6, 6.07) is 0. The van der Waals surface area contributed by atoms with E-state index in [-0.39, 0.29) is 18.3 Å². The van der Waals surface area contributed by atoms with Crippen LogP contribution in [0.1, 0.15) is 33.4 Å². The zero-order valence-electron chi connectivity index (χ0n) is 10.1. The van der Waals surface area contributed by atoms with Crippen molar-refractivity contribution in [3.8, 4) is 0 Å². The molecule has 1 aromatic heterocycles. The van der Waals surface area contributed by atoms with Crippen LogP contribution in [-0.4, -0.2) is 23.3 Å². The lowest BCUT2D eigenvalue weighted by molar-refractivity contribution is 0.00578. The average Bonchev–Trinajstić information content (AvgIpc) is 2.70. The van der Waals surface area contributed by atoms with Gasteiger partial charge in [0.2, 0.25) is 0 Å². The Hall–Kier alpha value is -1.07. The summed E-state index contributed by atoms with van der Waals surface area (Å²) in [7, 11) is -0.332. The molecule has 5 heteroatoms. The highest BCUT2D eigenvalue weighted by molar-refractivity contribution is 6.52. The topological polar surface area (TPSA) is 44.5 Å². The highest BCUT2D eigenvalue weighted by Crippen LogP contribution is 2.36. The Morgan fingerprint density at radius 2 is 1.81 bits per heavy atom. The van der Waals surface area contributed by atoms with Crippen LogP contribution in [0.3, 0.4) is 0 Å². The maximum absolute atomic E-state index is 5.79. The number of nitrogens with zero attached hydrogens (tertiary/aromatic N) is 1. The van der Waals surface area contributed by atoms with Crippen molar-refractivity contribution in [2.45, 2.75) is 38.9 Å². The van der Waals surface area contributed by atoms with Crippen LogP contribution in [0.2, 0.25) is 0 Å². The maximum atomic E-state index is 5.79. The first-order valence-electron chi connectivity index (χ1n) is 5.33. The normalized spacial score (nSPS) is 23.1. The summed E-state index contributed by atoms with van der Waals surface area (Å²) >= 11 is 0. The van der Waals surface area contributed by atoms with Crippen molar-refractivity contribution in [1.29, 1.82) is 0 Å². The van der Waals surface area contributed by atoms with E-state index in [1.807, 2.05) is 39.7 Å². The summed E-state index contributed by atoms with van der Waals surface area (Å²) in [6.45, 7) is 8.10. The van der Waals surface area contributed by atoms with E-state index in [2.05, 4.69) is 4.98 Å². The molecule has 4 nitrogen and oxygen atoms in total. The zero-order chi connectivity index (χ0) is 11.8. The number of aromatic nitrogens is 1. The number of rotatable bonds is 2. The molecule has 2 heterocycles. The summed E-state index contributed by atoms with van der Waals surface area (Å²) in [6.07, 6.45) is 4.79. The Kier molecular flexibility index (Phi) is 2.68. The predicted molar refractivity (Wildman–Crippen MR) is 61.6 cm³/mol. The first kappa shape index (κ1) is 11.4. The lowest BCUT2D eigenvalue weighted by Gasteiger charge is -2.32. The van der Waals surface area contributed by atoms with Gasteiger partial charge in [0.1, 0.15) is 12.0 Å². The van der Waals surface area contributed by atoms with Gasteiger partial charge in [0.15, 0.2) is 6.39 Å². The van der Waals surface area contributed by atoms with E-state index in [1.54, 1.807) is 6.26 Å². The first-order valence-corrected chi connectivity index (χ1v) is 5.33. The third-order valence-corrected chi connectivity index (χ3v) is 3.15. The summed E-state index contributed by atoms with van der Waals surface area (Å²) in [5.41, 5.74) is 0.159. The minimum Gasteiger partial charge on any atom is -0.451 e. The molecule has 1 aliphatic heterocycles. The zero-order valence-corrected chi connectivity index (χ0v) is 10.1. The molecule has 1 aliphatic rings. The predicted octanol–water partition coefficient (Wildman–Crippen LogP) is 2.32. The van der Waals surface area contributed by atoms with Gasteiger partial charge in [0.25, 0.3) is 0 Å². The molecule has 0 aromatic carbocycles. The third-order valence-electron chi connectivity index (χ3n) is 3.15. The van der Waals surface area contributed by atoms with Crippen LogP contribution < -0.4 is 0 Å². The quantitative estimate of drug-likeness (QED) is 0.719. The smallest absolute Gasteiger partial charge is 0.451 e. The molecule has 0 radical (unpaired) electrons. The van der Waals surface area contributed by atoms with Crippen molar-refractivity contribution in [2.75, 3.05) is 0 Å². The van der Waals surface area contributed by atoms with E-state index in [4.69, 9.17) is 13.7 Å². The van der Waals surface area contributed by atoms with E-state index in [9.17, 15) is 0 Å². The Morgan fingerprint density at radius 1 is 1.19 bits per heavy atom. The van der Waals surface area contributed by atoms with Crippen molar-refractivity contribution >= 4 is 13.2 Å². The SMILES string of the molecule is CC1(C)OB(/C=C/c2cocn2)OC1(C)C. The fraction of sp³-hybridized carbons (Fsp3) is 0.545. The van der Waals surface area contributed by atoms with Crippen LogP contribution in [0, 0.1) is 0 Å². The molecular weight excluding hydrogens is 205 g/mol. The molecule has 16 heavy (non-hydrogen) atoms. The Labute approximate surface area is 95.8 Å². The molecule has 2 rings (SSSR count). The van der Waals surface area contributed by atoms with Crippen LogP contribution in [0.25, 0.3) is 6.08 Å². The van der Waals surface area contributed by atoms with Gasteiger partial charge in [0.05, 0.1) is 11.2 Å². The lowest BCUT2D eigenvalue weighted by atomic mass is 9.90. The van der Waals surface area contributed by atoms with E-state index in [0.717, 1.165) is 5.69 Å². The van der Waals surface area contributed by atoms with E-state index in [0.29, 0.717) is 0 Å². The molecule has 0 unspecified atom stereocenters. The van der Waals surface area contributed by atoms with Gasteiger partial charge in [-0.2, -0.15) is 0 Å². The van der Waals surface area contributed by atoms with Crippen LogP contribution in [0.4, 0.5) is 0 Å². The van der Waals surface area contributed by atoms with Crippen molar-refractivity contribution in [3.63, 3.8) is 0 Å². The molecular formula is C11H16BNO3. The van der Waals surface area contributed by atoms with E-state index in [1.165, 1.54) is 6.39 Å². The van der Waals surface area contributed by atoms with E-state index < -0.39 is 0 Å². The molecule has 0 N–H and O–H groups in total. The van der Waals surface area contributed by atoms with Gasteiger partial charge in [-0.05, 0) is 33.8 Å². The second-order valence-corrected chi connectivity index (χ2v) is 4.90. The third kappa shape index (κ3) is 2.06. The van der Waals surface area contributed by atoms with Gasteiger partial charge in [0, 0.05) is 0 Å². The molecule has 1 saturated heterocycles. The fourth-order valence-corrected chi connectivity index (χ4v) is 1.45. The molecule has 0 atom stereocenters. The molecule has 0 aliphatic carbocycles. The number of oxazole rings is 1. The van der Waals surface area contributed by atoms with Gasteiger partial charge in [-0.25, -0.2) is 4.98 Å². The Bertz CT molecular complexity index is 368.